The van der Waals surface area contributed by atoms with Gasteiger partial charge in [-0.3, -0.25) is 0 Å². The molecule has 35 heavy (non-hydrogen) atoms. The molecular formula is C27H32N8. The summed E-state index contributed by atoms with van der Waals surface area (Å²) < 4.78 is 0. The van der Waals surface area contributed by atoms with E-state index in [-0.39, 0.29) is 0 Å². The predicted octanol–water partition coefficient (Wildman–Crippen LogP) is 3.51. The summed E-state index contributed by atoms with van der Waals surface area (Å²) in [5.74, 6) is 2.70. The molecule has 0 aliphatic carbocycles. The molecule has 0 saturated carbocycles. The molecule has 0 radical (unpaired) electrons. The maximum Gasteiger partial charge on any atom is 0.137 e. The fourth-order valence-corrected chi connectivity index (χ4v) is 5.64. The van der Waals surface area contributed by atoms with Crippen LogP contribution in [0.5, 0.6) is 0 Å². The second kappa shape index (κ2) is 9.67. The van der Waals surface area contributed by atoms with Gasteiger partial charge in [0.15, 0.2) is 0 Å². The van der Waals surface area contributed by atoms with Crippen LogP contribution < -0.4 is 15.1 Å². The number of piperidine rings is 1. The molecule has 8 heteroatoms. The first-order valence-corrected chi connectivity index (χ1v) is 12.8. The van der Waals surface area contributed by atoms with Gasteiger partial charge in [-0.15, -0.1) is 0 Å². The second-order valence-electron chi connectivity index (χ2n) is 10.1. The number of nitrogens with one attached hydrogen (secondary N) is 1. The molecule has 1 N–H and O–H groups in total. The zero-order valence-electron chi connectivity index (χ0n) is 20.1. The zero-order chi connectivity index (χ0) is 23.6. The van der Waals surface area contributed by atoms with E-state index in [2.05, 4.69) is 59.2 Å². The summed E-state index contributed by atoms with van der Waals surface area (Å²) in [6.45, 7) is 7.78. The van der Waals surface area contributed by atoms with Gasteiger partial charge < -0.3 is 20.0 Å². The highest BCUT2D eigenvalue weighted by atomic mass is 15.2. The predicted molar refractivity (Wildman–Crippen MR) is 139 cm³/mol. The Balaban J connectivity index is 1.01. The molecule has 3 aromatic rings. The molecule has 2 aromatic heterocycles. The molecule has 3 fully saturated rings. The van der Waals surface area contributed by atoms with Crippen LogP contribution in [0.15, 0.2) is 42.9 Å². The first kappa shape index (κ1) is 22.1. The van der Waals surface area contributed by atoms with Crippen molar-refractivity contribution in [2.24, 2.45) is 5.92 Å². The molecule has 0 atom stereocenters. The molecule has 5 heterocycles. The number of hydrogen-bond donors (Lipinski definition) is 1. The van der Waals surface area contributed by atoms with Crippen molar-refractivity contribution in [1.82, 2.24) is 19.9 Å². The van der Waals surface area contributed by atoms with Gasteiger partial charge in [0.1, 0.15) is 18.0 Å². The molecule has 3 aliphatic heterocycles. The van der Waals surface area contributed by atoms with Gasteiger partial charge in [0.25, 0.3) is 0 Å². The van der Waals surface area contributed by atoms with Crippen molar-refractivity contribution in [3.63, 3.8) is 0 Å². The van der Waals surface area contributed by atoms with Crippen LogP contribution in [0.2, 0.25) is 0 Å². The van der Waals surface area contributed by atoms with E-state index in [4.69, 9.17) is 5.26 Å². The van der Waals surface area contributed by atoms with Crippen LogP contribution in [-0.4, -0.2) is 71.7 Å². The molecule has 8 nitrogen and oxygen atoms in total. The van der Waals surface area contributed by atoms with Crippen molar-refractivity contribution in [2.45, 2.75) is 31.7 Å². The first-order valence-electron chi connectivity index (χ1n) is 12.8. The van der Waals surface area contributed by atoms with Crippen LogP contribution in [0.25, 0.3) is 10.9 Å². The molecule has 3 saturated heterocycles. The van der Waals surface area contributed by atoms with Crippen LogP contribution in [0, 0.1) is 17.2 Å². The fourth-order valence-electron chi connectivity index (χ4n) is 5.64. The topological polar surface area (TPSA) is 84.2 Å². The standard InChI is InChI=1S/C27H32N8/c28-14-20-3-5-23(6-4-20)35-17-21(18-35)16-33-11-7-22(8-12-33)32-27-24-13-26(34-9-1-2-10-34)29-15-25(24)30-19-31-27/h3-6,13,15,19,21-22H,1-2,7-12,16-18H2,(H,30,31,32). The molecular weight excluding hydrogens is 436 g/mol. The summed E-state index contributed by atoms with van der Waals surface area (Å²) >= 11 is 0. The number of rotatable bonds is 6. The van der Waals surface area contributed by atoms with Gasteiger partial charge in [0.2, 0.25) is 0 Å². The van der Waals surface area contributed by atoms with Crippen LogP contribution in [0.4, 0.5) is 17.3 Å². The van der Waals surface area contributed by atoms with E-state index in [1.165, 1.54) is 25.1 Å². The quantitative estimate of drug-likeness (QED) is 0.588. The van der Waals surface area contributed by atoms with Crippen molar-refractivity contribution >= 4 is 28.2 Å². The highest BCUT2D eigenvalue weighted by molar-refractivity contribution is 5.90. The van der Waals surface area contributed by atoms with Gasteiger partial charge in [0, 0.05) is 68.8 Å². The molecule has 0 bridgehead atoms. The first-order chi connectivity index (χ1) is 17.2. The van der Waals surface area contributed by atoms with E-state index in [1.807, 2.05) is 18.3 Å². The number of benzene rings is 1. The average molecular weight is 469 g/mol. The van der Waals surface area contributed by atoms with Crippen LogP contribution in [-0.2, 0) is 0 Å². The van der Waals surface area contributed by atoms with E-state index in [9.17, 15) is 0 Å². The number of pyridine rings is 1. The molecule has 3 aliphatic rings. The van der Waals surface area contributed by atoms with E-state index in [0.717, 1.165) is 86.1 Å². The van der Waals surface area contributed by atoms with Gasteiger partial charge in [-0.2, -0.15) is 5.26 Å². The summed E-state index contributed by atoms with van der Waals surface area (Å²) in [5.41, 5.74) is 2.85. The minimum atomic E-state index is 0.435. The average Bonchev–Trinajstić information content (AvgIpc) is 3.42. The Morgan fingerprint density at radius 1 is 0.943 bits per heavy atom. The molecule has 180 valence electrons. The third-order valence-corrected chi connectivity index (χ3v) is 7.70. The zero-order valence-corrected chi connectivity index (χ0v) is 20.1. The van der Waals surface area contributed by atoms with Crippen molar-refractivity contribution in [3.8, 4) is 6.07 Å². The Hall–Kier alpha value is -3.44. The number of aromatic nitrogens is 3. The normalized spacial score (nSPS) is 19.6. The number of nitrogens with zero attached hydrogens (tertiary/aromatic N) is 7. The molecule has 0 spiro atoms. The lowest BCUT2D eigenvalue weighted by Crippen LogP contribution is -2.53. The number of nitriles is 1. The summed E-state index contributed by atoms with van der Waals surface area (Å²) in [5, 5.41) is 13.8. The Kier molecular flexibility index (Phi) is 6.09. The number of fused-ring (bicyclic) bond motifs is 1. The SMILES string of the molecule is N#Cc1ccc(N2CC(CN3CCC(Nc4ncnc5cnc(N6CCCC6)cc45)CC3)C2)cc1. The maximum atomic E-state index is 8.98. The summed E-state index contributed by atoms with van der Waals surface area (Å²) in [4.78, 5) is 21.1. The fraction of sp³-hybridized carbons (Fsp3) is 0.481. The monoisotopic (exact) mass is 468 g/mol. The number of likely N-dealkylation sites (tertiary alicyclic amines) is 1. The summed E-state index contributed by atoms with van der Waals surface area (Å²) in [6, 6.07) is 12.7. The van der Waals surface area contributed by atoms with Gasteiger partial charge in [-0.25, -0.2) is 15.0 Å². The van der Waals surface area contributed by atoms with Crippen LogP contribution >= 0.6 is 0 Å². The highest BCUT2D eigenvalue weighted by Crippen LogP contribution is 2.28. The molecule has 0 amide bonds. The largest absolute Gasteiger partial charge is 0.371 e. The lowest BCUT2D eigenvalue weighted by atomic mass is 9.96. The van der Waals surface area contributed by atoms with E-state index < -0.39 is 0 Å². The Labute approximate surface area is 206 Å². The minimum absolute atomic E-state index is 0.435. The third kappa shape index (κ3) is 4.73. The molecule has 1 aromatic carbocycles. The number of anilines is 3. The maximum absolute atomic E-state index is 8.98. The second-order valence-corrected chi connectivity index (χ2v) is 10.1. The lowest BCUT2D eigenvalue weighted by Gasteiger charge is -2.44. The van der Waals surface area contributed by atoms with E-state index >= 15 is 0 Å². The Morgan fingerprint density at radius 2 is 1.71 bits per heavy atom. The van der Waals surface area contributed by atoms with Crippen molar-refractivity contribution in [1.29, 1.82) is 5.26 Å². The highest BCUT2D eigenvalue weighted by Gasteiger charge is 2.30. The minimum Gasteiger partial charge on any atom is -0.371 e. The van der Waals surface area contributed by atoms with E-state index in [0.29, 0.717) is 6.04 Å². The van der Waals surface area contributed by atoms with Crippen molar-refractivity contribution in [2.75, 3.05) is 60.9 Å². The summed E-state index contributed by atoms with van der Waals surface area (Å²) in [6.07, 6.45) is 8.26. The summed E-state index contributed by atoms with van der Waals surface area (Å²) in [7, 11) is 0. The molecule has 6 rings (SSSR count). The third-order valence-electron chi connectivity index (χ3n) is 7.70. The van der Waals surface area contributed by atoms with Crippen molar-refractivity contribution in [3.05, 3.63) is 48.4 Å². The van der Waals surface area contributed by atoms with Crippen LogP contribution in [0.3, 0.4) is 0 Å². The van der Waals surface area contributed by atoms with E-state index in [1.54, 1.807) is 6.33 Å². The van der Waals surface area contributed by atoms with Gasteiger partial charge in [0.05, 0.1) is 23.3 Å². The van der Waals surface area contributed by atoms with Crippen LogP contribution in [0.1, 0.15) is 31.2 Å². The van der Waals surface area contributed by atoms with Gasteiger partial charge in [-0.05, 0) is 56.0 Å². The van der Waals surface area contributed by atoms with Gasteiger partial charge >= 0.3 is 0 Å². The van der Waals surface area contributed by atoms with Gasteiger partial charge in [-0.1, -0.05) is 0 Å². The molecule has 0 unspecified atom stereocenters. The Morgan fingerprint density at radius 3 is 2.46 bits per heavy atom. The number of hydrogen-bond acceptors (Lipinski definition) is 8. The van der Waals surface area contributed by atoms with Crippen molar-refractivity contribution < 1.29 is 0 Å². The lowest BCUT2D eigenvalue weighted by molar-refractivity contribution is 0.174. The smallest absolute Gasteiger partial charge is 0.137 e. The Bertz CT molecular complexity index is 1200.